The lowest BCUT2D eigenvalue weighted by molar-refractivity contribution is -0.140. The van der Waals surface area contributed by atoms with Crippen LogP contribution in [0.3, 0.4) is 0 Å². The lowest BCUT2D eigenvalue weighted by Crippen LogP contribution is -2.38. The van der Waals surface area contributed by atoms with Crippen LogP contribution in [0.1, 0.15) is 82.7 Å². The predicted molar refractivity (Wildman–Crippen MR) is 154 cm³/mol. The smallest absolute Gasteiger partial charge is 0.295 e. The van der Waals surface area contributed by atoms with Crippen molar-refractivity contribution in [1.82, 2.24) is 9.80 Å². The van der Waals surface area contributed by atoms with Crippen LogP contribution in [0.2, 0.25) is 0 Å². The van der Waals surface area contributed by atoms with Crippen molar-refractivity contribution in [3.8, 4) is 5.75 Å². The fourth-order valence-electron chi connectivity index (χ4n) is 4.85. The topological polar surface area (TPSA) is 70.1 Å². The van der Waals surface area contributed by atoms with Crippen molar-refractivity contribution in [2.24, 2.45) is 0 Å². The van der Waals surface area contributed by atoms with Crippen molar-refractivity contribution in [3.63, 3.8) is 0 Å². The summed E-state index contributed by atoms with van der Waals surface area (Å²) >= 11 is 0. The van der Waals surface area contributed by atoms with Gasteiger partial charge < -0.3 is 19.6 Å². The first-order valence-corrected chi connectivity index (χ1v) is 13.9. The number of hydrogen-bond donors (Lipinski definition) is 1. The third-order valence-corrected chi connectivity index (χ3v) is 7.39. The van der Waals surface area contributed by atoms with Crippen molar-refractivity contribution in [1.29, 1.82) is 0 Å². The monoisotopic (exact) mass is 520 g/mol. The number of likely N-dealkylation sites (N-methyl/N-ethyl adjacent to an activating group) is 1. The summed E-state index contributed by atoms with van der Waals surface area (Å²) in [5.41, 5.74) is 3.46. The van der Waals surface area contributed by atoms with Gasteiger partial charge in [-0.1, -0.05) is 72.2 Å². The Balaban J connectivity index is 2.07. The maximum atomic E-state index is 13.4. The molecule has 38 heavy (non-hydrogen) atoms. The largest absolute Gasteiger partial charge is 0.507 e. The molecule has 0 unspecified atom stereocenters. The van der Waals surface area contributed by atoms with E-state index in [1.165, 1.54) is 0 Å². The third-order valence-electron chi connectivity index (χ3n) is 7.39. The van der Waals surface area contributed by atoms with Crippen molar-refractivity contribution < 1.29 is 19.4 Å². The van der Waals surface area contributed by atoms with Crippen molar-refractivity contribution in [2.75, 3.05) is 32.8 Å². The number of hydrogen-bond acceptors (Lipinski definition) is 5. The van der Waals surface area contributed by atoms with E-state index in [0.717, 1.165) is 48.4 Å². The number of likely N-dealkylation sites (tertiary alicyclic amines) is 1. The number of ether oxygens (including phenoxy) is 1. The first-order chi connectivity index (χ1) is 18.0. The lowest BCUT2D eigenvalue weighted by atomic mass is 9.85. The van der Waals surface area contributed by atoms with Crippen LogP contribution in [0.15, 0.2) is 48.0 Å². The Bertz CT molecular complexity index is 1160. The molecule has 1 fully saturated rings. The number of aryl methyl sites for hydroxylation is 1. The number of carbonyl (C=O) groups is 2. The van der Waals surface area contributed by atoms with Crippen LogP contribution in [-0.4, -0.2) is 59.4 Å². The van der Waals surface area contributed by atoms with Gasteiger partial charge in [-0.3, -0.25) is 9.59 Å². The highest BCUT2D eigenvalue weighted by Gasteiger charge is 2.46. The molecule has 2 aromatic carbocycles. The average Bonchev–Trinajstić information content (AvgIpc) is 3.14. The normalized spacial score (nSPS) is 17.5. The number of aliphatic hydroxyl groups is 1. The van der Waals surface area contributed by atoms with Crippen LogP contribution < -0.4 is 4.74 Å². The maximum Gasteiger partial charge on any atom is 0.295 e. The number of benzene rings is 2. The molecule has 1 saturated heterocycles. The predicted octanol–water partition coefficient (Wildman–Crippen LogP) is 6.23. The highest BCUT2D eigenvalue weighted by molar-refractivity contribution is 6.46. The van der Waals surface area contributed by atoms with Gasteiger partial charge in [0, 0.05) is 18.7 Å². The molecular weight excluding hydrogens is 476 g/mol. The van der Waals surface area contributed by atoms with E-state index < -0.39 is 17.7 Å². The lowest BCUT2D eigenvalue weighted by Gasteiger charge is -2.28. The molecule has 1 amide bonds. The molecule has 3 rings (SSSR count). The van der Waals surface area contributed by atoms with Gasteiger partial charge in [-0.25, -0.2) is 0 Å². The first kappa shape index (κ1) is 29.4. The van der Waals surface area contributed by atoms with Crippen molar-refractivity contribution >= 4 is 17.4 Å². The van der Waals surface area contributed by atoms with Gasteiger partial charge >= 0.3 is 0 Å². The standard InChI is InChI=1S/C32H44N2O4/c1-8-11-20-38-26-17-14-24(21-22(26)4)29(35)27-28(23-12-15-25(16-13-23)32(5,6)7)34(31(37)30(27)36)19-18-33(9-2)10-3/h12-17,21,28,35H,8-11,18-20H2,1-7H3/t28-/m1/s1. The number of carbonyl (C=O) groups excluding carboxylic acids is 2. The van der Waals surface area contributed by atoms with Gasteiger partial charge in [0.05, 0.1) is 18.2 Å². The van der Waals surface area contributed by atoms with E-state index in [1.54, 1.807) is 11.0 Å². The number of unbranched alkanes of at least 4 members (excludes halogenated alkanes) is 1. The Hall–Kier alpha value is -3.12. The van der Waals surface area contributed by atoms with Crippen LogP contribution in [-0.2, 0) is 15.0 Å². The number of ketones is 1. The van der Waals surface area contributed by atoms with E-state index in [4.69, 9.17) is 4.74 Å². The second-order valence-electron chi connectivity index (χ2n) is 11.1. The minimum absolute atomic E-state index is 0.0262. The molecule has 1 atom stereocenters. The van der Waals surface area contributed by atoms with Gasteiger partial charge in [-0.05, 0) is 66.7 Å². The molecule has 0 aromatic heterocycles. The molecule has 2 aromatic rings. The Labute approximate surface area is 228 Å². The summed E-state index contributed by atoms with van der Waals surface area (Å²) in [6.45, 7) is 18.0. The fraction of sp³-hybridized carbons (Fsp3) is 0.500. The molecular formula is C32H44N2O4. The van der Waals surface area contributed by atoms with Gasteiger partial charge in [0.2, 0.25) is 0 Å². The molecule has 0 aliphatic carbocycles. The fourth-order valence-corrected chi connectivity index (χ4v) is 4.85. The SMILES string of the molecule is CCCCOc1ccc(C(O)=C2C(=O)C(=O)N(CCN(CC)CC)[C@@H]2c2ccc(C(C)(C)C)cc2)cc1C. The van der Waals surface area contributed by atoms with E-state index in [2.05, 4.69) is 46.4 Å². The zero-order chi connectivity index (χ0) is 28.0. The highest BCUT2D eigenvalue weighted by atomic mass is 16.5. The molecule has 206 valence electrons. The molecule has 1 aliphatic heterocycles. The quantitative estimate of drug-likeness (QED) is 0.164. The Morgan fingerprint density at radius 1 is 1.03 bits per heavy atom. The molecule has 1 aliphatic rings. The van der Waals surface area contributed by atoms with Crippen LogP contribution in [0.4, 0.5) is 0 Å². The average molecular weight is 521 g/mol. The Morgan fingerprint density at radius 2 is 1.68 bits per heavy atom. The number of aliphatic hydroxyl groups excluding tert-OH is 1. The molecule has 6 heteroatoms. The van der Waals surface area contributed by atoms with Crippen LogP contribution >= 0.6 is 0 Å². The number of Topliss-reactive ketones (excluding diaryl/α,β-unsaturated/α-hetero) is 1. The Morgan fingerprint density at radius 3 is 2.24 bits per heavy atom. The van der Waals surface area contributed by atoms with E-state index in [0.29, 0.717) is 25.3 Å². The molecule has 0 bridgehead atoms. The summed E-state index contributed by atoms with van der Waals surface area (Å²) in [5.74, 6) is -0.612. The van der Waals surface area contributed by atoms with E-state index in [-0.39, 0.29) is 16.7 Å². The molecule has 0 radical (unpaired) electrons. The summed E-state index contributed by atoms with van der Waals surface area (Å²) in [4.78, 5) is 30.6. The first-order valence-electron chi connectivity index (χ1n) is 13.9. The summed E-state index contributed by atoms with van der Waals surface area (Å²) in [6, 6.07) is 12.8. The molecule has 0 saturated carbocycles. The second kappa shape index (κ2) is 12.6. The van der Waals surface area contributed by atoms with Crippen LogP contribution in [0.5, 0.6) is 5.75 Å². The number of nitrogens with zero attached hydrogens (tertiary/aromatic N) is 2. The zero-order valence-electron chi connectivity index (χ0n) is 24.1. The number of rotatable bonds is 11. The number of amides is 1. The molecule has 0 spiro atoms. The maximum absolute atomic E-state index is 13.4. The zero-order valence-corrected chi connectivity index (χ0v) is 24.1. The highest BCUT2D eigenvalue weighted by Crippen LogP contribution is 2.40. The van der Waals surface area contributed by atoms with Crippen LogP contribution in [0.25, 0.3) is 5.76 Å². The van der Waals surface area contributed by atoms with E-state index in [1.807, 2.05) is 43.3 Å². The van der Waals surface area contributed by atoms with E-state index in [9.17, 15) is 14.7 Å². The molecule has 1 heterocycles. The minimum atomic E-state index is -0.652. The summed E-state index contributed by atoms with van der Waals surface area (Å²) in [5, 5.41) is 11.5. The Kier molecular flexibility index (Phi) is 9.77. The van der Waals surface area contributed by atoms with Gasteiger partial charge in [0.15, 0.2) is 0 Å². The minimum Gasteiger partial charge on any atom is -0.507 e. The van der Waals surface area contributed by atoms with Gasteiger partial charge in [0.1, 0.15) is 11.5 Å². The summed E-state index contributed by atoms with van der Waals surface area (Å²) < 4.78 is 5.87. The van der Waals surface area contributed by atoms with Gasteiger partial charge in [-0.2, -0.15) is 0 Å². The van der Waals surface area contributed by atoms with Gasteiger partial charge in [-0.15, -0.1) is 0 Å². The summed E-state index contributed by atoms with van der Waals surface area (Å²) in [7, 11) is 0. The van der Waals surface area contributed by atoms with Crippen molar-refractivity contribution in [2.45, 2.75) is 72.8 Å². The molecule has 6 nitrogen and oxygen atoms in total. The van der Waals surface area contributed by atoms with E-state index >= 15 is 0 Å². The van der Waals surface area contributed by atoms with Gasteiger partial charge in [0.25, 0.3) is 11.7 Å². The second-order valence-corrected chi connectivity index (χ2v) is 11.1. The molecule has 1 N–H and O–H groups in total. The third kappa shape index (κ3) is 6.47. The van der Waals surface area contributed by atoms with Crippen LogP contribution in [0, 0.1) is 6.92 Å². The summed E-state index contributed by atoms with van der Waals surface area (Å²) in [6.07, 6.45) is 2.01. The van der Waals surface area contributed by atoms with Crippen molar-refractivity contribution in [3.05, 3.63) is 70.3 Å².